The van der Waals surface area contributed by atoms with Gasteiger partial charge in [0.05, 0.1) is 20.0 Å². The minimum absolute atomic E-state index is 0.0619. The number of hydrogen-bond acceptors (Lipinski definition) is 4. The van der Waals surface area contributed by atoms with Crippen molar-refractivity contribution in [2.45, 2.75) is 12.3 Å². The molecule has 2 rings (SSSR count). The van der Waals surface area contributed by atoms with Gasteiger partial charge >= 0.3 is 0 Å². The SMILES string of the molecule is COc1ccc(CNS(=O)(=O)Cc2ccc(Br)cc2)cc1OC. The summed E-state index contributed by atoms with van der Waals surface area (Å²) in [6, 6.07) is 12.5. The van der Waals surface area contributed by atoms with Gasteiger partial charge in [0.2, 0.25) is 10.0 Å². The van der Waals surface area contributed by atoms with E-state index in [1.807, 2.05) is 12.1 Å². The summed E-state index contributed by atoms with van der Waals surface area (Å²) in [5.74, 6) is 1.11. The molecule has 0 fully saturated rings. The topological polar surface area (TPSA) is 64.6 Å². The third-order valence-corrected chi connectivity index (χ3v) is 5.04. The monoisotopic (exact) mass is 399 g/mol. The van der Waals surface area contributed by atoms with E-state index in [0.717, 1.165) is 15.6 Å². The largest absolute Gasteiger partial charge is 0.493 e. The van der Waals surface area contributed by atoms with Crippen LogP contribution in [0.15, 0.2) is 46.9 Å². The molecule has 5 nitrogen and oxygen atoms in total. The lowest BCUT2D eigenvalue weighted by Gasteiger charge is -2.11. The summed E-state index contributed by atoms with van der Waals surface area (Å²) < 4.78 is 38.2. The van der Waals surface area contributed by atoms with Crippen molar-refractivity contribution in [1.82, 2.24) is 4.72 Å². The average molecular weight is 400 g/mol. The molecule has 1 N–H and O–H groups in total. The second-order valence-electron chi connectivity index (χ2n) is 4.90. The normalized spacial score (nSPS) is 11.3. The Balaban J connectivity index is 2.02. The number of rotatable bonds is 7. The van der Waals surface area contributed by atoms with E-state index in [1.54, 1.807) is 44.6 Å². The fourth-order valence-electron chi connectivity index (χ4n) is 2.03. The summed E-state index contributed by atoms with van der Waals surface area (Å²) in [7, 11) is -0.323. The van der Waals surface area contributed by atoms with Crippen molar-refractivity contribution in [1.29, 1.82) is 0 Å². The Bertz CT molecular complexity index is 760. The lowest BCUT2D eigenvalue weighted by atomic mass is 10.2. The molecule has 0 heterocycles. The second kappa shape index (κ2) is 7.81. The van der Waals surface area contributed by atoms with Crippen LogP contribution in [0.25, 0.3) is 0 Å². The zero-order valence-electron chi connectivity index (χ0n) is 12.9. The average Bonchev–Trinajstić information content (AvgIpc) is 2.54. The minimum Gasteiger partial charge on any atom is -0.493 e. The van der Waals surface area contributed by atoms with E-state index < -0.39 is 10.0 Å². The molecule has 0 spiro atoms. The van der Waals surface area contributed by atoms with E-state index in [1.165, 1.54) is 0 Å². The number of hydrogen-bond donors (Lipinski definition) is 1. The lowest BCUT2D eigenvalue weighted by Crippen LogP contribution is -2.24. The molecule has 7 heteroatoms. The third-order valence-electron chi connectivity index (χ3n) is 3.21. The van der Waals surface area contributed by atoms with Crippen molar-refractivity contribution in [3.05, 3.63) is 58.1 Å². The van der Waals surface area contributed by atoms with Crippen LogP contribution in [0.1, 0.15) is 11.1 Å². The van der Waals surface area contributed by atoms with Crippen LogP contribution in [-0.2, 0) is 22.3 Å². The van der Waals surface area contributed by atoms with Crippen LogP contribution in [0.2, 0.25) is 0 Å². The van der Waals surface area contributed by atoms with Gasteiger partial charge in [0.15, 0.2) is 11.5 Å². The second-order valence-corrected chi connectivity index (χ2v) is 7.62. The first-order valence-electron chi connectivity index (χ1n) is 6.86. The van der Waals surface area contributed by atoms with Crippen molar-refractivity contribution in [2.24, 2.45) is 0 Å². The molecule has 23 heavy (non-hydrogen) atoms. The molecule has 2 aromatic rings. The van der Waals surface area contributed by atoms with Crippen molar-refractivity contribution in [3.8, 4) is 11.5 Å². The molecule has 0 aliphatic rings. The van der Waals surface area contributed by atoms with Crippen LogP contribution in [0.3, 0.4) is 0 Å². The summed E-state index contributed by atoms with van der Waals surface area (Å²) in [5.41, 5.74) is 1.52. The molecule has 0 aromatic heterocycles. The summed E-state index contributed by atoms with van der Waals surface area (Å²) in [6.45, 7) is 0.194. The molecule has 0 saturated heterocycles. The zero-order valence-corrected chi connectivity index (χ0v) is 15.3. The Morgan fingerprint density at radius 2 is 1.57 bits per heavy atom. The van der Waals surface area contributed by atoms with E-state index >= 15 is 0 Å². The van der Waals surface area contributed by atoms with Gasteiger partial charge in [-0.15, -0.1) is 0 Å². The maximum Gasteiger partial charge on any atom is 0.216 e. The molecule has 0 amide bonds. The summed E-state index contributed by atoms with van der Waals surface area (Å²) in [4.78, 5) is 0. The van der Waals surface area contributed by atoms with Crippen LogP contribution in [0.4, 0.5) is 0 Å². The smallest absolute Gasteiger partial charge is 0.216 e. The Morgan fingerprint density at radius 3 is 2.17 bits per heavy atom. The number of ether oxygens (including phenoxy) is 2. The van der Waals surface area contributed by atoms with Crippen LogP contribution in [0, 0.1) is 0 Å². The van der Waals surface area contributed by atoms with Gasteiger partial charge in [-0.2, -0.15) is 0 Å². The highest BCUT2D eigenvalue weighted by Gasteiger charge is 2.12. The van der Waals surface area contributed by atoms with E-state index in [9.17, 15) is 8.42 Å². The first-order valence-corrected chi connectivity index (χ1v) is 9.31. The van der Waals surface area contributed by atoms with Crippen LogP contribution < -0.4 is 14.2 Å². The van der Waals surface area contributed by atoms with Crippen molar-refractivity contribution < 1.29 is 17.9 Å². The van der Waals surface area contributed by atoms with Gasteiger partial charge in [0.1, 0.15) is 0 Å². The molecular weight excluding hydrogens is 382 g/mol. The molecular formula is C16H18BrNO4S. The molecule has 0 aliphatic carbocycles. The Kier molecular flexibility index (Phi) is 6.04. The van der Waals surface area contributed by atoms with E-state index in [2.05, 4.69) is 20.7 Å². The Hall–Kier alpha value is -1.57. The number of nitrogens with one attached hydrogen (secondary N) is 1. The molecule has 2 aromatic carbocycles. The van der Waals surface area contributed by atoms with E-state index in [0.29, 0.717) is 11.5 Å². The highest BCUT2D eigenvalue weighted by atomic mass is 79.9. The van der Waals surface area contributed by atoms with Gasteiger partial charge in [-0.3, -0.25) is 0 Å². The number of methoxy groups -OCH3 is 2. The fourth-order valence-corrected chi connectivity index (χ4v) is 3.42. The van der Waals surface area contributed by atoms with Crippen LogP contribution >= 0.6 is 15.9 Å². The lowest BCUT2D eigenvalue weighted by molar-refractivity contribution is 0.354. The van der Waals surface area contributed by atoms with Crippen molar-refractivity contribution >= 4 is 26.0 Å². The standard InChI is InChI=1S/C16H18BrNO4S/c1-21-15-8-5-13(9-16(15)22-2)10-18-23(19,20)11-12-3-6-14(17)7-4-12/h3-9,18H,10-11H2,1-2H3. The molecule has 0 atom stereocenters. The molecule has 0 aliphatic heterocycles. The van der Waals surface area contributed by atoms with Gasteiger partial charge in [-0.25, -0.2) is 13.1 Å². The van der Waals surface area contributed by atoms with Gasteiger partial charge in [-0.05, 0) is 35.4 Å². The van der Waals surface area contributed by atoms with Gasteiger partial charge in [0.25, 0.3) is 0 Å². The molecule has 124 valence electrons. The van der Waals surface area contributed by atoms with Crippen LogP contribution in [0.5, 0.6) is 11.5 Å². The van der Waals surface area contributed by atoms with E-state index in [-0.39, 0.29) is 12.3 Å². The number of halogens is 1. The molecule has 0 saturated carbocycles. The first-order chi connectivity index (χ1) is 10.9. The Morgan fingerprint density at radius 1 is 0.957 bits per heavy atom. The zero-order chi connectivity index (χ0) is 16.9. The van der Waals surface area contributed by atoms with E-state index in [4.69, 9.17) is 9.47 Å². The molecule has 0 unspecified atom stereocenters. The predicted molar refractivity (Wildman–Crippen MR) is 93.2 cm³/mol. The van der Waals surface area contributed by atoms with Gasteiger partial charge in [0, 0.05) is 11.0 Å². The number of benzene rings is 2. The van der Waals surface area contributed by atoms with Gasteiger partial charge < -0.3 is 9.47 Å². The summed E-state index contributed by atoms with van der Waals surface area (Å²) in [5, 5.41) is 0. The Labute approximate surface area is 144 Å². The van der Waals surface area contributed by atoms with Crippen molar-refractivity contribution in [3.63, 3.8) is 0 Å². The van der Waals surface area contributed by atoms with Gasteiger partial charge in [-0.1, -0.05) is 34.1 Å². The predicted octanol–water partition coefficient (Wildman–Crippen LogP) is 3.09. The quantitative estimate of drug-likeness (QED) is 0.776. The highest BCUT2D eigenvalue weighted by Crippen LogP contribution is 2.27. The third kappa shape index (κ3) is 5.23. The molecule has 0 radical (unpaired) electrons. The fraction of sp³-hybridized carbons (Fsp3) is 0.250. The summed E-state index contributed by atoms with van der Waals surface area (Å²) in [6.07, 6.45) is 0. The maximum absolute atomic E-state index is 12.2. The number of sulfonamides is 1. The van der Waals surface area contributed by atoms with Crippen molar-refractivity contribution in [2.75, 3.05) is 14.2 Å². The van der Waals surface area contributed by atoms with Crippen LogP contribution in [-0.4, -0.2) is 22.6 Å². The molecule has 0 bridgehead atoms. The highest BCUT2D eigenvalue weighted by molar-refractivity contribution is 9.10. The minimum atomic E-state index is -3.42. The summed E-state index contributed by atoms with van der Waals surface area (Å²) >= 11 is 3.32. The first kappa shape index (κ1) is 17.8. The maximum atomic E-state index is 12.2.